The van der Waals surface area contributed by atoms with Gasteiger partial charge in [-0.15, -0.1) is 0 Å². The maximum Gasteiger partial charge on any atom is 0.372 e. The molecule has 0 amide bonds. The lowest BCUT2D eigenvalue weighted by Gasteiger charge is -2.19. The van der Waals surface area contributed by atoms with Crippen LogP contribution in [0.1, 0.15) is 67.8 Å². The first-order valence-corrected chi connectivity index (χ1v) is 6.94. The number of carbonyl (C=O) groups is 1. The highest BCUT2D eigenvalue weighted by molar-refractivity contribution is 5.98. The summed E-state index contributed by atoms with van der Waals surface area (Å²) >= 11 is 0. The Morgan fingerprint density at radius 3 is 2.30 bits per heavy atom. The van der Waals surface area contributed by atoms with Crippen molar-refractivity contribution in [3.63, 3.8) is 0 Å². The van der Waals surface area contributed by atoms with Crippen LogP contribution in [0.4, 0.5) is 0 Å². The van der Waals surface area contributed by atoms with Gasteiger partial charge in [-0.05, 0) is 29.4 Å². The lowest BCUT2D eigenvalue weighted by Crippen LogP contribution is -2.15. The first-order chi connectivity index (χ1) is 9.14. The Bertz CT molecular complexity index is 670. The molecule has 0 atom stereocenters. The highest BCUT2D eigenvalue weighted by Crippen LogP contribution is 2.40. The maximum absolute atomic E-state index is 11.5. The van der Waals surface area contributed by atoms with Crippen molar-refractivity contribution in [3.05, 3.63) is 34.6 Å². The second-order valence-corrected chi connectivity index (χ2v) is 6.69. The van der Waals surface area contributed by atoms with Crippen LogP contribution in [0.15, 0.2) is 16.5 Å². The molecule has 0 radical (unpaired) electrons. The number of rotatable bonds is 2. The Kier molecular flexibility index (Phi) is 3.41. The van der Waals surface area contributed by atoms with E-state index < -0.39 is 5.97 Å². The van der Waals surface area contributed by atoms with Crippen LogP contribution in [0.2, 0.25) is 0 Å². The molecule has 0 bridgehead atoms. The monoisotopic (exact) mass is 274 g/mol. The van der Waals surface area contributed by atoms with E-state index in [1.54, 1.807) is 0 Å². The van der Waals surface area contributed by atoms with Crippen LogP contribution in [0.25, 0.3) is 11.0 Å². The molecule has 0 aliphatic heterocycles. The molecule has 0 saturated heterocycles. The van der Waals surface area contributed by atoms with Gasteiger partial charge in [0, 0.05) is 10.9 Å². The predicted molar refractivity (Wildman–Crippen MR) is 80.7 cm³/mol. The van der Waals surface area contributed by atoms with E-state index in [1.165, 1.54) is 0 Å². The van der Waals surface area contributed by atoms with Crippen molar-refractivity contribution >= 4 is 16.9 Å². The van der Waals surface area contributed by atoms with Crippen LogP contribution in [-0.2, 0) is 5.41 Å². The lowest BCUT2D eigenvalue weighted by molar-refractivity contribution is 0.0661. The largest absolute Gasteiger partial charge is 0.475 e. The number of aryl methyl sites for hydroxylation is 1. The molecule has 108 valence electrons. The Hall–Kier alpha value is -1.77. The quantitative estimate of drug-likeness (QED) is 0.850. The summed E-state index contributed by atoms with van der Waals surface area (Å²) in [5, 5.41) is 10.4. The van der Waals surface area contributed by atoms with Gasteiger partial charge in [-0.3, -0.25) is 0 Å². The number of hydrogen-bond donors (Lipinski definition) is 1. The zero-order chi connectivity index (χ0) is 15.2. The SMILES string of the molecule is Cc1ccc(C(C)C)c2oc(C(=O)O)c(C(C)(C)C)c12. The summed E-state index contributed by atoms with van der Waals surface area (Å²) in [6.07, 6.45) is 0. The zero-order valence-electron chi connectivity index (χ0n) is 13.0. The minimum atomic E-state index is -1.000. The van der Waals surface area contributed by atoms with E-state index in [-0.39, 0.29) is 11.2 Å². The molecular formula is C17H22O3. The molecule has 1 heterocycles. The van der Waals surface area contributed by atoms with Crippen LogP contribution >= 0.6 is 0 Å². The molecule has 3 nitrogen and oxygen atoms in total. The van der Waals surface area contributed by atoms with Crippen LogP contribution in [0.3, 0.4) is 0 Å². The third-order valence-corrected chi connectivity index (χ3v) is 3.64. The standard InChI is InChI=1S/C17H22O3/c1-9(2)11-8-7-10(3)12-13(17(4,5)6)15(16(18)19)20-14(11)12/h7-9H,1-6H3,(H,18,19). The van der Waals surface area contributed by atoms with Crippen molar-refractivity contribution < 1.29 is 14.3 Å². The molecule has 3 heteroatoms. The van der Waals surface area contributed by atoms with Gasteiger partial charge in [0.25, 0.3) is 0 Å². The van der Waals surface area contributed by atoms with Crippen molar-refractivity contribution in [2.45, 2.75) is 52.9 Å². The van der Waals surface area contributed by atoms with Gasteiger partial charge in [-0.25, -0.2) is 4.79 Å². The third-order valence-electron chi connectivity index (χ3n) is 3.64. The van der Waals surface area contributed by atoms with E-state index in [1.807, 2.05) is 39.8 Å². The summed E-state index contributed by atoms with van der Waals surface area (Å²) in [4.78, 5) is 11.5. The molecule has 0 unspecified atom stereocenters. The van der Waals surface area contributed by atoms with Gasteiger partial charge in [0.05, 0.1) is 0 Å². The van der Waals surface area contributed by atoms with E-state index >= 15 is 0 Å². The van der Waals surface area contributed by atoms with Gasteiger partial charge >= 0.3 is 5.97 Å². The average Bonchev–Trinajstić information content (AvgIpc) is 2.69. The third kappa shape index (κ3) is 2.21. The second-order valence-electron chi connectivity index (χ2n) is 6.69. The number of carboxylic acids is 1. The van der Waals surface area contributed by atoms with Gasteiger partial charge in [-0.1, -0.05) is 46.8 Å². The normalized spacial score (nSPS) is 12.3. The number of aromatic carboxylic acids is 1. The highest BCUT2D eigenvalue weighted by atomic mass is 16.4. The Labute approximate surface area is 119 Å². The first kappa shape index (κ1) is 14.6. The summed E-state index contributed by atoms with van der Waals surface area (Å²) in [5.41, 5.74) is 3.36. The van der Waals surface area contributed by atoms with Crippen molar-refractivity contribution in [2.75, 3.05) is 0 Å². The van der Waals surface area contributed by atoms with Crippen molar-refractivity contribution in [3.8, 4) is 0 Å². The number of carboxylic acid groups (broad SMARTS) is 1. The molecule has 1 N–H and O–H groups in total. The van der Waals surface area contributed by atoms with Gasteiger partial charge < -0.3 is 9.52 Å². The molecule has 0 aliphatic carbocycles. The van der Waals surface area contributed by atoms with E-state index in [4.69, 9.17) is 4.42 Å². The van der Waals surface area contributed by atoms with Gasteiger partial charge in [0.1, 0.15) is 5.58 Å². The molecule has 0 spiro atoms. The van der Waals surface area contributed by atoms with Crippen molar-refractivity contribution in [2.24, 2.45) is 0 Å². The summed E-state index contributed by atoms with van der Waals surface area (Å²) in [5.74, 6) is -0.636. The van der Waals surface area contributed by atoms with E-state index in [0.717, 1.165) is 27.7 Å². The molecular weight excluding hydrogens is 252 g/mol. The fourth-order valence-electron chi connectivity index (χ4n) is 2.71. The number of hydrogen-bond acceptors (Lipinski definition) is 2. The minimum absolute atomic E-state index is 0.0729. The average molecular weight is 274 g/mol. The van der Waals surface area contributed by atoms with Crippen molar-refractivity contribution in [1.29, 1.82) is 0 Å². The van der Waals surface area contributed by atoms with E-state index in [0.29, 0.717) is 5.92 Å². The van der Waals surface area contributed by atoms with Crippen LogP contribution in [0, 0.1) is 6.92 Å². The van der Waals surface area contributed by atoms with E-state index in [9.17, 15) is 9.90 Å². The van der Waals surface area contributed by atoms with Gasteiger partial charge in [0.2, 0.25) is 5.76 Å². The summed E-state index contributed by atoms with van der Waals surface area (Å²) in [7, 11) is 0. The predicted octanol–water partition coefficient (Wildman–Crippen LogP) is 4.86. The Morgan fingerprint density at radius 1 is 1.25 bits per heavy atom. The number of fused-ring (bicyclic) bond motifs is 1. The number of furan rings is 1. The molecule has 0 aliphatic rings. The topological polar surface area (TPSA) is 50.4 Å². The Balaban J connectivity index is 2.99. The molecule has 0 fully saturated rings. The van der Waals surface area contributed by atoms with Crippen molar-refractivity contribution in [1.82, 2.24) is 0 Å². The smallest absolute Gasteiger partial charge is 0.372 e. The first-order valence-electron chi connectivity index (χ1n) is 6.94. The Morgan fingerprint density at radius 2 is 1.85 bits per heavy atom. The molecule has 0 saturated carbocycles. The summed E-state index contributed by atoms with van der Waals surface area (Å²) in [6, 6.07) is 4.08. The maximum atomic E-state index is 11.5. The van der Waals surface area contributed by atoms with E-state index in [2.05, 4.69) is 13.8 Å². The van der Waals surface area contributed by atoms with Gasteiger partial charge in [-0.2, -0.15) is 0 Å². The molecule has 1 aromatic heterocycles. The zero-order valence-corrected chi connectivity index (χ0v) is 13.0. The number of benzene rings is 1. The minimum Gasteiger partial charge on any atom is -0.475 e. The molecule has 2 rings (SSSR count). The molecule has 1 aromatic carbocycles. The second kappa shape index (κ2) is 4.65. The fourth-order valence-corrected chi connectivity index (χ4v) is 2.71. The van der Waals surface area contributed by atoms with Crippen LogP contribution in [0.5, 0.6) is 0 Å². The van der Waals surface area contributed by atoms with Gasteiger partial charge in [0.15, 0.2) is 0 Å². The lowest BCUT2D eigenvalue weighted by atomic mass is 9.83. The van der Waals surface area contributed by atoms with Crippen LogP contribution < -0.4 is 0 Å². The summed E-state index contributed by atoms with van der Waals surface area (Å²) < 4.78 is 5.76. The molecule has 2 aromatic rings. The highest BCUT2D eigenvalue weighted by Gasteiger charge is 2.30. The van der Waals surface area contributed by atoms with Crippen LogP contribution in [-0.4, -0.2) is 11.1 Å². The molecule has 20 heavy (non-hydrogen) atoms. The fraction of sp³-hybridized carbons (Fsp3) is 0.471. The summed E-state index contributed by atoms with van der Waals surface area (Å²) in [6.45, 7) is 12.2.